The van der Waals surface area contributed by atoms with Crippen LogP contribution in [0.3, 0.4) is 0 Å². The van der Waals surface area contributed by atoms with Gasteiger partial charge in [0.2, 0.25) is 0 Å². The third-order valence-electron chi connectivity index (χ3n) is 6.90. The summed E-state index contributed by atoms with van der Waals surface area (Å²) in [6.45, 7) is 5.87. The summed E-state index contributed by atoms with van der Waals surface area (Å²) in [7, 11) is 4.50. The molecule has 0 aromatic heterocycles. The SMILES string of the molecule is CCCCCC=CCC=CCCCCCCCCC[C@H](CCCCCCCCC)CN(C)C. The fourth-order valence-corrected chi connectivity index (χ4v) is 4.83. The average molecular weight is 462 g/mol. The smallest absolute Gasteiger partial charge is 0.000356 e. The van der Waals surface area contributed by atoms with Crippen molar-refractivity contribution in [3.8, 4) is 0 Å². The van der Waals surface area contributed by atoms with Gasteiger partial charge in [0.25, 0.3) is 0 Å². The van der Waals surface area contributed by atoms with E-state index in [0.717, 1.165) is 12.3 Å². The van der Waals surface area contributed by atoms with Crippen LogP contribution in [-0.4, -0.2) is 25.5 Å². The van der Waals surface area contributed by atoms with Gasteiger partial charge in [-0.2, -0.15) is 0 Å². The number of unbranched alkanes of at least 4 members (excludes halogenated alkanes) is 16. The molecule has 0 saturated heterocycles. The van der Waals surface area contributed by atoms with E-state index in [1.165, 1.54) is 141 Å². The van der Waals surface area contributed by atoms with Crippen LogP contribution in [0.25, 0.3) is 0 Å². The zero-order valence-corrected chi connectivity index (χ0v) is 23.6. The van der Waals surface area contributed by atoms with Gasteiger partial charge >= 0.3 is 0 Å². The van der Waals surface area contributed by atoms with Gasteiger partial charge in [0.1, 0.15) is 0 Å². The summed E-state index contributed by atoms with van der Waals surface area (Å²) >= 11 is 0. The van der Waals surface area contributed by atoms with Crippen LogP contribution in [0, 0.1) is 5.92 Å². The van der Waals surface area contributed by atoms with Crippen molar-refractivity contribution < 1.29 is 0 Å². The first-order valence-electron chi connectivity index (χ1n) is 15.1. The molecule has 196 valence electrons. The van der Waals surface area contributed by atoms with Gasteiger partial charge in [-0.3, -0.25) is 0 Å². The summed E-state index contributed by atoms with van der Waals surface area (Å²) in [5, 5.41) is 0. The van der Waals surface area contributed by atoms with Crippen molar-refractivity contribution in [1.29, 1.82) is 0 Å². The number of hydrogen-bond acceptors (Lipinski definition) is 1. The Bertz CT molecular complexity index is 409. The van der Waals surface area contributed by atoms with Crippen molar-refractivity contribution >= 4 is 0 Å². The van der Waals surface area contributed by atoms with E-state index in [9.17, 15) is 0 Å². The van der Waals surface area contributed by atoms with Crippen LogP contribution in [0.15, 0.2) is 24.3 Å². The second-order valence-electron chi connectivity index (χ2n) is 10.8. The first-order valence-corrected chi connectivity index (χ1v) is 15.1. The summed E-state index contributed by atoms with van der Waals surface area (Å²) in [4.78, 5) is 2.41. The highest BCUT2D eigenvalue weighted by Crippen LogP contribution is 2.20. The Hall–Kier alpha value is -0.560. The van der Waals surface area contributed by atoms with Crippen LogP contribution in [0.4, 0.5) is 0 Å². The Kier molecular flexibility index (Phi) is 27.2. The molecule has 0 aromatic carbocycles. The van der Waals surface area contributed by atoms with Crippen LogP contribution >= 0.6 is 0 Å². The Morgan fingerprint density at radius 3 is 1.36 bits per heavy atom. The maximum absolute atomic E-state index is 2.41. The molecule has 0 aromatic rings. The third kappa shape index (κ3) is 27.6. The molecule has 0 radical (unpaired) electrons. The summed E-state index contributed by atoms with van der Waals surface area (Å²) in [5.41, 5.74) is 0. The third-order valence-corrected chi connectivity index (χ3v) is 6.90. The van der Waals surface area contributed by atoms with Crippen molar-refractivity contribution in [2.75, 3.05) is 20.6 Å². The molecule has 0 amide bonds. The molecule has 0 fully saturated rings. The Morgan fingerprint density at radius 1 is 0.485 bits per heavy atom. The standard InChI is InChI=1S/C32H63N/c1-5-7-9-11-13-14-15-16-17-18-19-20-21-22-24-26-28-30-32(31-33(3)4)29-27-25-23-12-10-8-6-2/h13-14,16-17,32H,5-12,15,18-31H2,1-4H3/t32-/m0/s1. The Morgan fingerprint density at radius 2 is 0.879 bits per heavy atom. The Labute approximate surface area is 210 Å². The molecular weight excluding hydrogens is 398 g/mol. The zero-order chi connectivity index (χ0) is 24.2. The molecular formula is C32H63N. The molecule has 0 unspecified atom stereocenters. The molecule has 1 atom stereocenters. The van der Waals surface area contributed by atoms with E-state index in [0.29, 0.717) is 0 Å². The van der Waals surface area contributed by atoms with Crippen LogP contribution in [0.2, 0.25) is 0 Å². The lowest BCUT2D eigenvalue weighted by molar-refractivity contribution is 0.286. The van der Waals surface area contributed by atoms with Gasteiger partial charge in [0.15, 0.2) is 0 Å². The van der Waals surface area contributed by atoms with E-state index in [-0.39, 0.29) is 0 Å². The zero-order valence-electron chi connectivity index (χ0n) is 23.6. The molecule has 0 spiro atoms. The van der Waals surface area contributed by atoms with Crippen LogP contribution < -0.4 is 0 Å². The molecule has 0 heterocycles. The van der Waals surface area contributed by atoms with Crippen molar-refractivity contribution in [2.45, 2.75) is 155 Å². The van der Waals surface area contributed by atoms with E-state index in [1.54, 1.807) is 0 Å². The van der Waals surface area contributed by atoms with E-state index in [4.69, 9.17) is 0 Å². The molecule has 0 aliphatic rings. The highest BCUT2D eigenvalue weighted by Gasteiger charge is 2.09. The van der Waals surface area contributed by atoms with Crippen molar-refractivity contribution in [2.24, 2.45) is 5.92 Å². The van der Waals surface area contributed by atoms with Gasteiger partial charge in [-0.25, -0.2) is 0 Å². The maximum atomic E-state index is 2.41. The highest BCUT2D eigenvalue weighted by atomic mass is 15.1. The largest absolute Gasteiger partial charge is 0.309 e. The summed E-state index contributed by atoms with van der Waals surface area (Å²) in [5.74, 6) is 0.925. The number of allylic oxidation sites excluding steroid dienone is 4. The van der Waals surface area contributed by atoms with E-state index >= 15 is 0 Å². The lowest BCUT2D eigenvalue weighted by Gasteiger charge is -2.21. The number of nitrogens with zero attached hydrogens (tertiary/aromatic N) is 1. The van der Waals surface area contributed by atoms with Gasteiger partial charge in [-0.05, 0) is 65.0 Å². The molecule has 0 aliphatic carbocycles. The first-order chi connectivity index (χ1) is 16.2. The van der Waals surface area contributed by atoms with Gasteiger partial charge < -0.3 is 4.90 Å². The predicted octanol–water partition coefficient (Wildman–Crippen LogP) is 10.9. The summed E-state index contributed by atoms with van der Waals surface area (Å²) in [6, 6.07) is 0. The molecule has 0 aliphatic heterocycles. The second kappa shape index (κ2) is 27.7. The minimum absolute atomic E-state index is 0.925. The lowest BCUT2D eigenvalue weighted by atomic mass is 9.93. The topological polar surface area (TPSA) is 3.24 Å². The first kappa shape index (κ1) is 32.4. The van der Waals surface area contributed by atoms with Gasteiger partial charge in [-0.1, -0.05) is 134 Å². The molecule has 0 rings (SSSR count). The summed E-state index contributed by atoms with van der Waals surface area (Å²) in [6.07, 6.45) is 40.1. The van der Waals surface area contributed by atoms with E-state index < -0.39 is 0 Å². The summed E-state index contributed by atoms with van der Waals surface area (Å²) < 4.78 is 0. The van der Waals surface area contributed by atoms with Gasteiger partial charge in [-0.15, -0.1) is 0 Å². The van der Waals surface area contributed by atoms with Crippen molar-refractivity contribution in [3.63, 3.8) is 0 Å². The molecule has 1 heteroatoms. The lowest BCUT2D eigenvalue weighted by Crippen LogP contribution is -2.21. The highest BCUT2D eigenvalue weighted by molar-refractivity contribution is 4.92. The fraction of sp³-hybridized carbons (Fsp3) is 0.875. The maximum Gasteiger partial charge on any atom is 0.000356 e. The number of rotatable bonds is 26. The van der Waals surface area contributed by atoms with Crippen LogP contribution in [0.5, 0.6) is 0 Å². The molecule has 33 heavy (non-hydrogen) atoms. The van der Waals surface area contributed by atoms with Crippen molar-refractivity contribution in [1.82, 2.24) is 4.90 Å². The van der Waals surface area contributed by atoms with E-state index in [1.807, 2.05) is 0 Å². The molecule has 1 nitrogen and oxygen atoms in total. The van der Waals surface area contributed by atoms with Crippen molar-refractivity contribution in [3.05, 3.63) is 24.3 Å². The normalized spacial score (nSPS) is 13.1. The number of hydrogen-bond donors (Lipinski definition) is 0. The van der Waals surface area contributed by atoms with Crippen LogP contribution in [-0.2, 0) is 0 Å². The van der Waals surface area contributed by atoms with Gasteiger partial charge in [0.05, 0.1) is 0 Å². The van der Waals surface area contributed by atoms with Gasteiger partial charge in [0, 0.05) is 6.54 Å². The quantitative estimate of drug-likeness (QED) is 0.0914. The van der Waals surface area contributed by atoms with E-state index in [2.05, 4.69) is 57.1 Å². The monoisotopic (exact) mass is 461 g/mol. The molecule has 0 saturated carbocycles. The molecule has 0 N–H and O–H groups in total. The predicted molar refractivity (Wildman–Crippen MR) is 153 cm³/mol. The molecule has 0 bridgehead atoms. The minimum atomic E-state index is 0.925. The Balaban J connectivity index is 3.54. The minimum Gasteiger partial charge on any atom is -0.309 e. The van der Waals surface area contributed by atoms with Crippen LogP contribution in [0.1, 0.15) is 155 Å². The average Bonchev–Trinajstić information content (AvgIpc) is 2.80. The fourth-order valence-electron chi connectivity index (χ4n) is 4.83. The second-order valence-corrected chi connectivity index (χ2v) is 10.8.